The zero-order valence-corrected chi connectivity index (χ0v) is 29.1. The normalized spacial score (nSPS) is 23.4. The Morgan fingerprint density at radius 2 is 1.44 bits per heavy atom. The van der Waals surface area contributed by atoms with E-state index in [4.69, 9.17) is 5.11 Å². The zero-order valence-electron chi connectivity index (χ0n) is 27.5. The number of hydrogen-bond acceptors (Lipinski definition) is 7. The van der Waals surface area contributed by atoms with E-state index in [2.05, 4.69) is 9.48 Å². The van der Waals surface area contributed by atoms with Gasteiger partial charge in [-0.15, -0.1) is 0 Å². The van der Waals surface area contributed by atoms with Crippen molar-refractivity contribution in [3.8, 4) is 0 Å². The summed E-state index contributed by atoms with van der Waals surface area (Å²) < 4.78 is 71.1. The van der Waals surface area contributed by atoms with Gasteiger partial charge >= 0.3 is 5.97 Å². The number of unbranched alkanes of at least 4 members (excludes halogenated alkanes) is 3. The van der Waals surface area contributed by atoms with Gasteiger partial charge in [-0.2, -0.15) is 21.4 Å². The molecular weight excluding hydrogens is 657 g/mol. The molecule has 48 heavy (non-hydrogen) atoms. The average molecular weight is 700 g/mol. The van der Waals surface area contributed by atoms with Crippen molar-refractivity contribution < 1.29 is 45.2 Å². The van der Waals surface area contributed by atoms with E-state index >= 15 is 0 Å². The minimum Gasteiger partial charge on any atom is -0.481 e. The first-order valence-electron chi connectivity index (χ1n) is 16.3. The SMILES string of the molecule is CCN1/C2=C/C=C/C3=[N+](CCCCCC(=O)CCCCC(=O)O)c4ccc(S(=O)(=O)O)cc4C3(C)CC2(C)c2cc(S(=O)(=O)O)ccc21. The number of carbonyl (C=O) groups excluding carboxylic acids is 1. The average Bonchev–Trinajstić information content (AvgIpc) is 3.36. The Hall–Kier alpha value is -3.65. The molecule has 2 aliphatic heterocycles. The summed E-state index contributed by atoms with van der Waals surface area (Å²) in [6.07, 6.45) is 10.6. The molecule has 2 heterocycles. The topological polar surface area (TPSA) is 169 Å². The number of benzene rings is 2. The molecule has 11 nitrogen and oxygen atoms in total. The van der Waals surface area contributed by atoms with E-state index in [1.807, 2.05) is 39.0 Å². The van der Waals surface area contributed by atoms with Crippen molar-refractivity contribution in [1.82, 2.24) is 0 Å². The predicted octanol–water partition coefficient (Wildman–Crippen LogP) is 5.95. The second-order valence-corrected chi connectivity index (χ2v) is 16.1. The van der Waals surface area contributed by atoms with Crippen LogP contribution in [0.3, 0.4) is 0 Å². The van der Waals surface area contributed by atoms with Gasteiger partial charge in [0, 0.05) is 66.7 Å². The van der Waals surface area contributed by atoms with Gasteiger partial charge in [0.15, 0.2) is 5.71 Å². The van der Waals surface area contributed by atoms with Gasteiger partial charge in [0.1, 0.15) is 12.3 Å². The molecule has 3 N–H and O–H groups in total. The molecule has 0 saturated carbocycles. The van der Waals surface area contributed by atoms with Crippen molar-refractivity contribution in [2.24, 2.45) is 0 Å². The maximum absolute atomic E-state index is 12.3. The molecule has 2 atom stereocenters. The molecule has 0 aromatic heterocycles. The Morgan fingerprint density at radius 3 is 2.06 bits per heavy atom. The van der Waals surface area contributed by atoms with Crippen LogP contribution in [0.1, 0.15) is 89.7 Å². The van der Waals surface area contributed by atoms with E-state index < -0.39 is 37.0 Å². The van der Waals surface area contributed by atoms with Crippen LogP contribution in [0.15, 0.2) is 70.1 Å². The summed E-state index contributed by atoms with van der Waals surface area (Å²) in [5.41, 5.74) is 3.45. The number of anilines is 1. The number of rotatable bonds is 14. The van der Waals surface area contributed by atoms with E-state index in [1.165, 1.54) is 24.3 Å². The van der Waals surface area contributed by atoms with Crippen molar-refractivity contribution in [2.45, 2.75) is 99.2 Å². The van der Waals surface area contributed by atoms with Crippen LogP contribution in [0, 0.1) is 0 Å². The standard InChI is InChI=1S/C35H42N2O9S2/c1-4-36-29-18-16-25(47(41,42)43)21-27(29)34(2)23-35(3)28-22-26(48(44,45)46)17-19-30(28)37(32(35)14-10-13-31(34)36)20-9-5-6-11-24(38)12-7-8-15-33(39)40/h10,13-14,16-19,21-22H,4-9,11-12,15,20,23H2,1-3H3,(H2-,39,40,41,42,43,44,45,46)/p+1. The molecular formula is C35H43N2O9S2+. The lowest BCUT2D eigenvalue weighted by Crippen LogP contribution is -2.41. The number of fused-ring (bicyclic) bond motifs is 6. The van der Waals surface area contributed by atoms with Gasteiger partial charge in [-0.25, -0.2) is 0 Å². The van der Waals surface area contributed by atoms with Gasteiger partial charge < -0.3 is 10.0 Å². The number of hydrogen-bond donors (Lipinski definition) is 3. The summed E-state index contributed by atoms with van der Waals surface area (Å²) in [6.45, 7) is 7.29. The smallest absolute Gasteiger partial charge is 0.303 e. The van der Waals surface area contributed by atoms with Crippen molar-refractivity contribution in [3.63, 3.8) is 0 Å². The fourth-order valence-electron chi connectivity index (χ4n) is 7.77. The largest absolute Gasteiger partial charge is 0.481 e. The molecule has 5 rings (SSSR count). The second-order valence-electron chi connectivity index (χ2n) is 13.3. The van der Waals surface area contributed by atoms with Gasteiger partial charge in [0.05, 0.1) is 15.2 Å². The maximum atomic E-state index is 12.3. The molecule has 2 unspecified atom stereocenters. The van der Waals surface area contributed by atoms with Crippen LogP contribution in [0.4, 0.5) is 11.4 Å². The highest BCUT2D eigenvalue weighted by Crippen LogP contribution is 2.57. The third-order valence-electron chi connectivity index (χ3n) is 9.98. The van der Waals surface area contributed by atoms with E-state index in [9.17, 15) is 35.5 Å². The Morgan fingerprint density at radius 1 is 0.833 bits per heavy atom. The second kappa shape index (κ2) is 13.3. The third kappa shape index (κ3) is 6.78. The lowest BCUT2D eigenvalue weighted by Gasteiger charge is -2.37. The summed E-state index contributed by atoms with van der Waals surface area (Å²) in [7, 11) is -8.98. The number of carboxylic acid groups (broad SMARTS) is 1. The Labute approximate surface area is 282 Å². The van der Waals surface area contributed by atoms with Crippen LogP contribution in [-0.2, 0) is 40.7 Å². The maximum Gasteiger partial charge on any atom is 0.303 e. The predicted molar refractivity (Wildman–Crippen MR) is 181 cm³/mol. The van der Waals surface area contributed by atoms with Crippen LogP contribution in [0.5, 0.6) is 0 Å². The molecule has 1 aliphatic carbocycles. The molecule has 0 spiro atoms. The summed E-state index contributed by atoms with van der Waals surface area (Å²) in [4.78, 5) is 24.7. The number of carboxylic acids is 1. The Kier molecular flexibility index (Phi) is 9.91. The summed E-state index contributed by atoms with van der Waals surface area (Å²) in [5.74, 6) is -0.735. The van der Waals surface area contributed by atoms with Crippen molar-refractivity contribution >= 4 is 49.1 Å². The van der Waals surface area contributed by atoms with Crippen LogP contribution in [0.2, 0.25) is 0 Å². The number of nitrogens with zero attached hydrogens (tertiary/aromatic N) is 2. The number of allylic oxidation sites excluding steroid dienone is 4. The Balaban J connectivity index is 1.49. The summed E-state index contributed by atoms with van der Waals surface area (Å²) >= 11 is 0. The molecule has 13 heteroatoms. The van der Waals surface area contributed by atoms with Gasteiger partial charge in [-0.3, -0.25) is 18.7 Å². The minimum atomic E-state index is -4.51. The number of likely N-dealkylation sites (N-methyl/N-ethyl adjacent to an activating group) is 1. The van der Waals surface area contributed by atoms with E-state index in [1.54, 1.807) is 12.1 Å². The fraction of sp³-hybridized carbons (Fsp3) is 0.457. The molecule has 0 radical (unpaired) electrons. The van der Waals surface area contributed by atoms with Crippen LogP contribution < -0.4 is 4.90 Å². The van der Waals surface area contributed by atoms with E-state index in [0.29, 0.717) is 51.6 Å². The molecule has 0 amide bonds. The molecule has 3 aliphatic rings. The number of aliphatic carboxylic acids is 1. The number of carbonyl (C=O) groups is 2. The first-order chi connectivity index (χ1) is 22.5. The van der Waals surface area contributed by atoms with E-state index in [-0.39, 0.29) is 22.0 Å². The van der Waals surface area contributed by atoms with Gasteiger partial charge in [-0.1, -0.05) is 6.08 Å². The van der Waals surface area contributed by atoms with Gasteiger partial charge in [-0.05, 0) is 94.8 Å². The first-order valence-corrected chi connectivity index (χ1v) is 19.2. The third-order valence-corrected chi connectivity index (χ3v) is 11.7. The van der Waals surface area contributed by atoms with Gasteiger partial charge in [0.2, 0.25) is 5.69 Å². The zero-order chi connectivity index (χ0) is 35.1. The monoisotopic (exact) mass is 699 g/mol. The molecule has 0 saturated heterocycles. The van der Waals surface area contributed by atoms with Crippen LogP contribution in [-0.4, -0.2) is 66.2 Å². The lowest BCUT2D eigenvalue weighted by atomic mass is 9.64. The highest BCUT2D eigenvalue weighted by Gasteiger charge is 2.56. The lowest BCUT2D eigenvalue weighted by molar-refractivity contribution is -0.438. The molecule has 258 valence electrons. The minimum absolute atomic E-state index is 0.0632. The fourth-order valence-corrected chi connectivity index (χ4v) is 8.78. The van der Waals surface area contributed by atoms with Crippen molar-refractivity contribution in [1.29, 1.82) is 0 Å². The molecule has 0 fully saturated rings. The molecule has 2 aromatic rings. The Bertz CT molecular complexity index is 1960. The van der Waals surface area contributed by atoms with Crippen LogP contribution >= 0.6 is 0 Å². The summed E-state index contributed by atoms with van der Waals surface area (Å²) in [5, 5.41) is 8.78. The number of Topliss-reactive ketones (excluding diaryl/α,β-unsaturated/α-hetero) is 1. The number of ketones is 1. The quantitative estimate of drug-likeness (QED) is 0.122. The van der Waals surface area contributed by atoms with Crippen molar-refractivity contribution in [2.75, 3.05) is 18.0 Å². The summed E-state index contributed by atoms with van der Waals surface area (Å²) in [6, 6.07) is 9.26. The highest BCUT2D eigenvalue weighted by atomic mass is 32.2. The van der Waals surface area contributed by atoms with E-state index in [0.717, 1.165) is 46.8 Å². The molecule has 0 bridgehead atoms. The highest BCUT2D eigenvalue weighted by molar-refractivity contribution is 7.86. The van der Waals surface area contributed by atoms with Crippen LogP contribution in [0.25, 0.3) is 0 Å². The molecule has 2 aromatic carbocycles. The van der Waals surface area contributed by atoms with Crippen molar-refractivity contribution in [3.05, 3.63) is 71.5 Å². The van der Waals surface area contributed by atoms with Gasteiger partial charge in [0.25, 0.3) is 20.2 Å². The first kappa shape index (κ1) is 35.7.